The molecule has 2 heterocycles. The summed E-state index contributed by atoms with van der Waals surface area (Å²) < 4.78 is 19.8. The van der Waals surface area contributed by atoms with E-state index in [-0.39, 0.29) is 0 Å². The Labute approximate surface area is 184 Å². The van der Waals surface area contributed by atoms with E-state index in [1.54, 1.807) is 23.6 Å². The van der Waals surface area contributed by atoms with Crippen molar-refractivity contribution in [2.45, 2.75) is 27.1 Å². The minimum atomic E-state index is -1.46. The minimum absolute atomic E-state index is 0.511. The number of hydrogen-bond acceptors (Lipinski definition) is 2. The molecule has 0 spiro atoms. The van der Waals surface area contributed by atoms with Gasteiger partial charge in [-0.05, 0) is 46.7 Å². The zero-order chi connectivity index (χ0) is 22.5. The Bertz CT molecular complexity index is 1430. The molecule has 2 aromatic heterocycles. The molecule has 148 valence electrons. The monoisotopic (exact) mass is 409 g/mol. The fraction of sp³-hybridized carbons (Fsp3) is 0.179. The first-order valence-electron chi connectivity index (χ1n) is 11.2. The Morgan fingerprint density at radius 3 is 2.47 bits per heavy atom. The summed E-state index contributed by atoms with van der Waals surface area (Å²) in [7, 11) is 0. The maximum atomic E-state index is 8.68. The zero-order valence-corrected chi connectivity index (χ0v) is 18.3. The highest BCUT2D eigenvalue weighted by Gasteiger charge is 2.15. The average Bonchev–Trinajstić information content (AvgIpc) is 3.17. The van der Waals surface area contributed by atoms with Gasteiger partial charge in [-0.15, -0.1) is 11.3 Å². The van der Waals surface area contributed by atoms with Crippen molar-refractivity contribution in [3.63, 3.8) is 0 Å². The van der Waals surface area contributed by atoms with Crippen LogP contribution in [0.15, 0.2) is 85.1 Å². The number of thiophene rings is 1. The van der Waals surface area contributed by atoms with Crippen LogP contribution in [0.4, 0.5) is 0 Å². The van der Waals surface area contributed by atoms with Gasteiger partial charge in [0.1, 0.15) is 0 Å². The Hall–Kier alpha value is -2.97. The Kier molecular flexibility index (Phi) is 4.13. The summed E-state index contributed by atoms with van der Waals surface area (Å²) in [5.41, 5.74) is 4.45. The fourth-order valence-corrected chi connectivity index (χ4v) is 5.16. The summed E-state index contributed by atoms with van der Waals surface area (Å²) in [4.78, 5) is 4.63. The van der Waals surface area contributed by atoms with Gasteiger partial charge in [-0.2, -0.15) is 0 Å². The lowest BCUT2D eigenvalue weighted by Gasteiger charge is -2.18. The Morgan fingerprint density at radius 2 is 1.67 bits per heavy atom. The summed E-state index contributed by atoms with van der Waals surface area (Å²) in [6.07, 6.45) is 0.275. The third-order valence-electron chi connectivity index (χ3n) is 5.16. The summed E-state index contributed by atoms with van der Waals surface area (Å²) in [6.45, 7) is 5.80. The largest absolute Gasteiger partial charge is 0.256 e. The molecule has 0 aliphatic rings. The van der Waals surface area contributed by atoms with Crippen LogP contribution in [0.25, 0.3) is 42.6 Å². The van der Waals surface area contributed by atoms with Gasteiger partial charge in [-0.3, -0.25) is 4.98 Å². The summed E-state index contributed by atoms with van der Waals surface area (Å²) in [6, 6.07) is 27.2. The summed E-state index contributed by atoms with van der Waals surface area (Å²) >= 11 is 1.78. The van der Waals surface area contributed by atoms with Crippen LogP contribution < -0.4 is 0 Å². The number of fused-ring (bicyclic) bond motifs is 3. The van der Waals surface area contributed by atoms with E-state index in [1.807, 2.05) is 32.9 Å². The summed E-state index contributed by atoms with van der Waals surface area (Å²) in [5, 5.41) is 2.46. The third kappa shape index (κ3) is 3.64. The van der Waals surface area contributed by atoms with Crippen molar-refractivity contribution in [3.8, 4) is 22.4 Å². The molecular weight excluding hydrogens is 382 g/mol. The number of hydrogen-bond donors (Lipinski definition) is 0. The first kappa shape index (κ1) is 16.8. The van der Waals surface area contributed by atoms with Crippen molar-refractivity contribution < 1.29 is 2.74 Å². The van der Waals surface area contributed by atoms with E-state index in [1.165, 1.54) is 31.3 Å². The molecule has 0 aliphatic carbocycles. The highest BCUT2D eigenvalue weighted by Crippen LogP contribution is 2.41. The third-order valence-corrected chi connectivity index (χ3v) is 6.36. The van der Waals surface area contributed by atoms with E-state index >= 15 is 0 Å². The molecule has 2 heteroatoms. The van der Waals surface area contributed by atoms with E-state index in [2.05, 4.69) is 65.6 Å². The second-order valence-corrected chi connectivity index (χ2v) is 9.72. The average molecular weight is 410 g/mol. The van der Waals surface area contributed by atoms with Gasteiger partial charge in [0.2, 0.25) is 0 Å². The lowest BCUT2D eigenvalue weighted by molar-refractivity contribution is 0.411. The van der Waals surface area contributed by atoms with Crippen LogP contribution in [0.2, 0.25) is 0 Å². The molecule has 1 nitrogen and oxygen atoms in total. The van der Waals surface area contributed by atoms with Gasteiger partial charge < -0.3 is 0 Å². The Balaban J connectivity index is 1.67. The molecule has 0 radical (unpaired) electrons. The standard InChI is InChI=1S/C28H25NS/c1-28(2,3)18-19-14-15-29-25(16-19)24-11-7-10-23-22-13-12-21(17-26(22)30-27(23)24)20-8-5-4-6-9-20/h4-17H,18H2,1-3H3/i18D2. The van der Waals surface area contributed by atoms with Gasteiger partial charge >= 0.3 is 0 Å². The molecule has 5 rings (SSSR count). The van der Waals surface area contributed by atoms with Crippen LogP contribution in [-0.4, -0.2) is 4.98 Å². The van der Waals surface area contributed by atoms with Crippen LogP contribution in [0.1, 0.15) is 29.1 Å². The first-order valence-corrected chi connectivity index (χ1v) is 11.0. The normalized spacial score (nSPS) is 13.4. The smallest absolute Gasteiger partial charge is 0.0719 e. The highest BCUT2D eigenvalue weighted by molar-refractivity contribution is 7.26. The first-order chi connectivity index (χ1) is 15.3. The highest BCUT2D eigenvalue weighted by atomic mass is 32.1. The molecule has 0 atom stereocenters. The van der Waals surface area contributed by atoms with Gasteiger partial charge in [0, 0.05) is 34.7 Å². The molecule has 3 aromatic carbocycles. The number of rotatable bonds is 3. The molecule has 0 saturated heterocycles. The van der Waals surface area contributed by atoms with Crippen LogP contribution in [0.5, 0.6) is 0 Å². The lowest BCUT2D eigenvalue weighted by atomic mass is 9.88. The second-order valence-electron chi connectivity index (χ2n) is 8.67. The number of benzene rings is 3. The number of pyridine rings is 1. The van der Waals surface area contributed by atoms with Crippen LogP contribution in [0, 0.1) is 5.41 Å². The van der Waals surface area contributed by atoms with Crippen molar-refractivity contribution >= 4 is 31.5 Å². The second kappa shape index (κ2) is 7.37. The SMILES string of the molecule is [2H]C([2H])(c1ccnc(-c2cccc3c2sc2cc(-c4ccccc4)ccc23)c1)C(C)(C)C. The van der Waals surface area contributed by atoms with E-state index < -0.39 is 11.8 Å². The molecule has 0 fully saturated rings. The maximum absolute atomic E-state index is 8.68. The van der Waals surface area contributed by atoms with E-state index in [4.69, 9.17) is 2.74 Å². The molecule has 0 N–H and O–H groups in total. The van der Waals surface area contributed by atoms with Crippen molar-refractivity contribution in [1.29, 1.82) is 0 Å². The van der Waals surface area contributed by atoms with Crippen molar-refractivity contribution in [2.75, 3.05) is 0 Å². The molecule has 0 bridgehead atoms. The molecule has 0 amide bonds. The molecule has 30 heavy (non-hydrogen) atoms. The number of nitrogens with zero attached hydrogens (tertiary/aromatic N) is 1. The van der Waals surface area contributed by atoms with Crippen LogP contribution >= 0.6 is 11.3 Å². The predicted molar refractivity (Wildman–Crippen MR) is 131 cm³/mol. The van der Waals surface area contributed by atoms with Crippen molar-refractivity contribution in [3.05, 3.63) is 90.6 Å². The van der Waals surface area contributed by atoms with Crippen LogP contribution in [0.3, 0.4) is 0 Å². The van der Waals surface area contributed by atoms with Gasteiger partial charge in [-0.25, -0.2) is 0 Å². The fourth-order valence-electron chi connectivity index (χ4n) is 3.90. The Morgan fingerprint density at radius 1 is 0.833 bits per heavy atom. The van der Waals surface area contributed by atoms with E-state index in [0.29, 0.717) is 5.56 Å². The van der Waals surface area contributed by atoms with Gasteiger partial charge in [0.25, 0.3) is 0 Å². The zero-order valence-electron chi connectivity index (χ0n) is 19.4. The number of aromatic nitrogens is 1. The maximum Gasteiger partial charge on any atom is 0.0719 e. The van der Waals surface area contributed by atoms with Gasteiger partial charge in [-0.1, -0.05) is 81.4 Å². The van der Waals surface area contributed by atoms with Crippen LogP contribution in [-0.2, 0) is 6.37 Å². The molecule has 0 unspecified atom stereocenters. The van der Waals surface area contributed by atoms with Crippen molar-refractivity contribution in [2.24, 2.45) is 5.41 Å². The molecule has 0 aliphatic heterocycles. The van der Waals surface area contributed by atoms with Gasteiger partial charge in [0.15, 0.2) is 0 Å². The van der Waals surface area contributed by atoms with E-state index in [9.17, 15) is 0 Å². The molecule has 0 saturated carbocycles. The molecular formula is C28H25NS. The minimum Gasteiger partial charge on any atom is -0.256 e. The van der Waals surface area contributed by atoms with Crippen molar-refractivity contribution in [1.82, 2.24) is 4.98 Å². The molecule has 5 aromatic rings. The predicted octanol–water partition coefficient (Wildman–Crippen LogP) is 8.37. The lowest BCUT2D eigenvalue weighted by Crippen LogP contribution is -2.09. The topological polar surface area (TPSA) is 12.9 Å². The quantitative estimate of drug-likeness (QED) is 0.292. The summed E-state index contributed by atoms with van der Waals surface area (Å²) in [5.74, 6) is 0. The van der Waals surface area contributed by atoms with Gasteiger partial charge in [0.05, 0.1) is 5.69 Å². The van der Waals surface area contributed by atoms with E-state index in [0.717, 1.165) is 11.3 Å².